The lowest BCUT2D eigenvalue weighted by molar-refractivity contribution is 0.481. The van der Waals surface area contributed by atoms with Gasteiger partial charge in [-0.05, 0) is 37.5 Å². The summed E-state index contributed by atoms with van der Waals surface area (Å²) in [6.07, 6.45) is 4.93. The molecule has 0 fully saturated rings. The van der Waals surface area contributed by atoms with Crippen LogP contribution >= 0.6 is 0 Å². The van der Waals surface area contributed by atoms with Gasteiger partial charge in [0, 0.05) is 25.0 Å². The second-order valence-electron chi connectivity index (χ2n) is 6.13. The molecule has 0 aliphatic heterocycles. The Kier molecular flexibility index (Phi) is 6.35. The Balaban J connectivity index is 2.09. The highest BCUT2D eigenvalue weighted by Crippen LogP contribution is 2.15. The van der Waals surface area contributed by atoms with Crippen LogP contribution < -0.4 is 10.6 Å². The summed E-state index contributed by atoms with van der Waals surface area (Å²) < 4.78 is 15.9. The van der Waals surface area contributed by atoms with E-state index in [0.29, 0.717) is 24.2 Å². The molecule has 0 bridgehead atoms. The molecule has 1 aromatic heterocycles. The van der Waals surface area contributed by atoms with Crippen molar-refractivity contribution >= 4 is 5.96 Å². The van der Waals surface area contributed by atoms with E-state index in [0.717, 1.165) is 18.1 Å². The summed E-state index contributed by atoms with van der Waals surface area (Å²) in [4.78, 5) is 8.49. The van der Waals surface area contributed by atoms with Crippen molar-refractivity contribution in [1.29, 1.82) is 0 Å². The van der Waals surface area contributed by atoms with Crippen LogP contribution in [0.25, 0.3) is 5.69 Å². The first-order chi connectivity index (χ1) is 11.5. The van der Waals surface area contributed by atoms with Crippen molar-refractivity contribution in [2.45, 2.75) is 40.3 Å². The highest BCUT2D eigenvalue weighted by molar-refractivity contribution is 5.80. The van der Waals surface area contributed by atoms with E-state index >= 15 is 0 Å². The molecular formula is C18H26FN5. The van der Waals surface area contributed by atoms with Crippen molar-refractivity contribution in [3.8, 4) is 5.69 Å². The minimum atomic E-state index is -0.283. The van der Waals surface area contributed by atoms with E-state index in [1.807, 2.05) is 13.0 Å². The quantitative estimate of drug-likeness (QED) is 0.632. The number of halogens is 1. The first-order valence-electron chi connectivity index (χ1n) is 8.32. The van der Waals surface area contributed by atoms with Gasteiger partial charge in [0.1, 0.15) is 5.82 Å². The average Bonchev–Trinajstić information content (AvgIpc) is 3.07. The van der Waals surface area contributed by atoms with E-state index < -0.39 is 0 Å². The van der Waals surface area contributed by atoms with E-state index in [9.17, 15) is 4.39 Å². The van der Waals surface area contributed by atoms with Crippen LogP contribution in [0.2, 0.25) is 0 Å². The molecule has 2 rings (SSSR count). The Morgan fingerprint density at radius 1 is 1.33 bits per heavy atom. The SMILES string of the molecule is CCNC(=NCc1ccc(-n2ccnc2)c(F)c1)NC(C)C(C)C. The Morgan fingerprint density at radius 3 is 2.71 bits per heavy atom. The molecule has 0 amide bonds. The van der Waals surface area contributed by atoms with Crippen LogP contribution in [0.1, 0.15) is 33.3 Å². The van der Waals surface area contributed by atoms with E-state index in [1.54, 1.807) is 29.4 Å². The third kappa shape index (κ3) is 4.81. The summed E-state index contributed by atoms with van der Waals surface area (Å²) in [5.41, 5.74) is 1.31. The van der Waals surface area contributed by atoms with Gasteiger partial charge in [0.25, 0.3) is 0 Å². The molecule has 6 heteroatoms. The summed E-state index contributed by atoms with van der Waals surface area (Å²) in [5, 5.41) is 6.59. The maximum atomic E-state index is 14.3. The third-order valence-electron chi connectivity index (χ3n) is 3.92. The summed E-state index contributed by atoms with van der Waals surface area (Å²) in [6, 6.07) is 5.47. The fraction of sp³-hybridized carbons (Fsp3) is 0.444. The Labute approximate surface area is 143 Å². The summed E-state index contributed by atoms with van der Waals surface area (Å²) in [6.45, 7) is 9.66. The number of nitrogens with zero attached hydrogens (tertiary/aromatic N) is 3. The fourth-order valence-corrected chi connectivity index (χ4v) is 2.13. The second kappa shape index (κ2) is 8.47. The van der Waals surface area contributed by atoms with Crippen LogP contribution in [0.3, 0.4) is 0 Å². The molecule has 2 aromatic rings. The molecule has 0 aliphatic rings. The van der Waals surface area contributed by atoms with Crippen molar-refractivity contribution in [1.82, 2.24) is 20.2 Å². The second-order valence-corrected chi connectivity index (χ2v) is 6.13. The highest BCUT2D eigenvalue weighted by Gasteiger charge is 2.09. The van der Waals surface area contributed by atoms with Gasteiger partial charge in [-0.3, -0.25) is 0 Å². The van der Waals surface area contributed by atoms with Crippen LogP contribution in [0, 0.1) is 11.7 Å². The lowest BCUT2D eigenvalue weighted by atomic mass is 10.1. The van der Waals surface area contributed by atoms with Crippen LogP contribution in [0.15, 0.2) is 41.9 Å². The number of aromatic nitrogens is 2. The molecular weight excluding hydrogens is 305 g/mol. The smallest absolute Gasteiger partial charge is 0.191 e. The Morgan fingerprint density at radius 2 is 2.12 bits per heavy atom. The van der Waals surface area contributed by atoms with Crippen molar-refractivity contribution in [2.75, 3.05) is 6.54 Å². The van der Waals surface area contributed by atoms with Gasteiger partial charge in [-0.1, -0.05) is 19.9 Å². The third-order valence-corrected chi connectivity index (χ3v) is 3.92. The topological polar surface area (TPSA) is 54.2 Å². The molecule has 1 heterocycles. The molecule has 0 spiro atoms. The van der Waals surface area contributed by atoms with E-state index in [2.05, 4.69) is 41.4 Å². The van der Waals surface area contributed by atoms with Crippen molar-refractivity contribution in [2.24, 2.45) is 10.9 Å². The molecule has 0 aliphatic carbocycles. The average molecular weight is 331 g/mol. The van der Waals surface area contributed by atoms with Crippen LogP contribution in [0.5, 0.6) is 0 Å². The first-order valence-corrected chi connectivity index (χ1v) is 8.32. The lowest BCUT2D eigenvalue weighted by Gasteiger charge is -2.20. The molecule has 0 saturated carbocycles. The van der Waals surface area contributed by atoms with Crippen LogP contribution in [-0.4, -0.2) is 28.1 Å². The normalized spacial score (nSPS) is 13.2. The van der Waals surface area contributed by atoms with Gasteiger partial charge in [-0.15, -0.1) is 0 Å². The number of benzene rings is 1. The highest BCUT2D eigenvalue weighted by atomic mass is 19.1. The van der Waals surface area contributed by atoms with Crippen molar-refractivity contribution in [3.63, 3.8) is 0 Å². The maximum absolute atomic E-state index is 14.3. The molecule has 24 heavy (non-hydrogen) atoms. The maximum Gasteiger partial charge on any atom is 0.191 e. The molecule has 1 unspecified atom stereocenters. The zero-order valence-electron chi connectivity index (χ0n) is 14.8. The van der Waals surface area contributed by atoms with Gasteiger partial charge in [0.15, 0.2) is 5.96 Å². The van der Waals surface area contributed by atoms with E-state index in [-0.39, 0.29) is 5.82 Å². The standard InChI is InChI=1S/C18H26FN5/c1-5-21-18(23-14(4)13(2)3)22-11-15-6-7-17(16(19)10-15)24-9-8-20-12-24/h6-10,12-14H,5,11H2,1-4H3,(H2,21,22,23). The van der Waals surface area contributed by atoms with E-state index in [1.165, 1.54) is 6.07 Å². The van der Waals surface area contributed by atoms with Crippen molar-refractivity contribution in [3.05, 3.63) is 48.3 Å². The number of hydrogen-bond donors (Lipinski definition) is 2. The van der Waals surface area contributed by atoms with Gasteiger partial charge in [-0.25, -0.2) is 14.4 Å². The Bertz CT molecular complexity index is 664. The van der Waals surface area contributed by atoms with Gasteiger partial charge in [0.05, 0.1) is 18.6 Å². The summed E-state index contributed by atoms with van der Waals surface area (Å²) in [5.74, 6) is 0.966. The molecule has 1 aromatic carbocycles. The monoisotopic (exact) mass is 331 g/mol. The fourth-order valence-electron chi connectivity index (χ4n) is 2.13. The summed E-state index contributed by atoms with van der Waals surface area (Å²) in [7, 11) is 0. The lowest BCUT2D eigenvalue weighted by Crippen LogP contribution is -2.44. The van der Waals surface area contributed by atoms with E-state index in [4.69, 9.17) is 0 Å². The minimum Gasteiger partial charge on any atom is -0.357 e. The van der Waals surface area contributed by atoms with Gasteiger partial charge < -0.3 is 15.2 Å². The molecule has 130 valence electrons. The minimum absolute atomic E-state index is 0.283. The number of hydrogen-bond acceptors (Lipinski definition) is 2. The van der Waals surface area contributed by atoms with Gasteiger partial charge in [-0.2, -0.15) is 0 Å². The first kappa shape index (κ1) is 18.0. The zero-order chi connectivity index (χ0) is 17.5. The Hall–Kier alpha value is -2.37. The molecule has 0 radical (unpaired) electrons. The molecule has 1 atom stereocenters. The molecule has 5 nitrogen and oxygen atoms in total. The number of nitrogens with one attached hydrogen (secondary N) is 2. The predicted molar refractivity (Wildman–Crippen MR) is 95.8 cm³/mol. The largest absolute Gasteiger partial charge is 0.357 e. The van der Waals surface area contributed by atoms with Crippen LogP contribution in [0.4, 0.5) is 4.39 Å². The van der Waals surface area contributed by atoms with Gasteiger partial charge >= 0.3 is 0 Å². The molecule has 2 N–H and O–H groups in total. The number of aliphatic imine (C=N–C) groups is 1. The number of imidazole rings is 1. The number of rotatable bonds is 6. The summed E-state index contributed by atoms with van der Waals surface area (Å²) >= 11 is 0. The van der Waals surface area contributed by atoms with Gasteiger partial charge in [0.2, 0.25) is 0 Å². The predicted octanol–water partition coefficient (Wildman–Crippen LogP) is 3.11. The zero-order valence-corrected chi connectivity index (χ0v) is 14.8. The number of guanidine groups is 1. The van der Waals surface area contributed by atoms with Crippen molar-refractivity contribution < 1.29 is 4.39 Å². The van der Waals surface area contributed by atoms with Crippen LogP contribution in [-0.2, 0) is 6.54 Å². The molecule has 0 saturated heterocycles.